The quantitative estimate of drug-likeness (QED) is 0.780. The number of carbonyl (C=O) groups excluding carboxylic acids is 1. The SMILES string of the molecule is CCOC(=O)CN(c1cc(C)cc2ncnn12)C(C)C. The summed E-state index contributed by atoms with van der Waals surface area (Å²) in [5, 5.41) is 4.23. The zero-order valence-corrected chi connectivity index (χ0v) is 12.3. The van der Waals surface area contributed by atoms with Crippen molar-refractivity contribution in [2.75, 3.05) is 18.1 Å². The van der Waals surface area contributed by atoms with Gasteiger partial charge in [-0.2, -0.15) is 9.61 Å². The summed E-state index contributed by atoms with van der Waals surface area (Å²) in [7, 11) is 0. The van der Waals surface area contributed by atoms with Gasteiger partial charge in [-0.15, -0.1) is 0 Å². The Bertz CT molecular complexity index is 606. The Morgan fingerprint density at radius 2 is 2.20 bits per heavy atom. The molecule has 0 saturated heterocycles. The molecule has 2 rings (SSSR count). The van der Waals surface area contributed by atoms with Gasteiger partial charge in [0.25, 0.3) is 0 Å². The Kier molecular flexibility index (Phi) is 4.22. The Morgan fingerprint density at radius 3 is 2.85 bits per heavy atom. The molecule has 0 spiro atoms. The van der Waals surface area contributed by atoms with E-state index in [1.54, 1.807) is 11.4 Å². The molecule has 0 aliphatic carbocycles. The first-order valence-corrected chi connectivity index (χ1v) is 6.75. The van der Waals surface area contributed by atoms with Crippen LogP contribution in [0.5, 0.6) is 0 Å². The van der Waals surface area contributed by atoms with Crippen molar-refractivity contribution in [3.05, 3.63) is 24.0 Å². The van der Waals surface area contributed by atoms with Crippen molar-refractivity contribution in [3.63, 3.8) is 0 Å². The lowest BCUT2D eigenvalue weighted by molar-refractivity contribution is -0.141. The molecule has 0 saturated carbocycles. The molecular weight excluding hydrogens is 256 g/mol. The first kappa shape index (κ1) is 14.3. The number of pyridine rings is 1. The minimum atomic E-state index is -0.240. The average molecular weight is 276 g/mol. The van der Waals surface area contributed by atoms with Gasteiger partial charge in [0.15, 0.2) is 5.65 Å². The summed E-state index contributed by atoms with van der Waals surface area (Å²) in [5.41, 5.74) is 1.85. The van der Waals surface area contributed by atoms with E-state index in [-0.39, 0.29) is 18.6 Å². The summed E-state index contributed by atoms with van der Waals surface area (Å²) < 4.78 is 6.78. The molecule has 2 heterocycles. The molecule has 6 nitrogen and oxygen atoms in total. The standard InChI is InChI=1S/C14H20N4O2/c1-5-20-14(19)8-17(10(2)3)13-7-11(4)6-12-15-9-16-18(12)13/h6-7,9-10H,5,8H2,1-4H3. The van der Waals surface area contributed by atoms with Crippen molar-refractivity contribution >= 4 is 17.4 Å². The number of esters is 1. The van der Waals surface area contributed by atoms with Crippen LogP contribution in [-0.4, -0.2) is 39.8 Å². The van der Waals surface area contributed by atoms with Gasteiger partial charge in [-0.25, -0.2) is 4.98 Å². The average Bonchev–Trinajstić information content (AvgIpc) is 2.83. The number of fused-ring (bicyclic) bond motifs is 1. The normalized spacial score (nSPS) is 11.1. The van der Waals surface area contributed by atoms with Crippen LogP contribution in [0.1, 0.15) is 26.3 Å². The Hall–Kier alpha value is -2.11. The van der Waals surface area contributed by atoms with Crippen LogP contribution in [0, 0.1) is 6.92 Å². The minimum Gasteiger partial charge on any atom is -0.465 e. The Balaban J connectivity index is 2.41. The van der Waals surface area contributed by atoms with Gasteiger partial charge in [-0.3, -0.25) is 4.79 Å². The second-order valence-corrected chi connectivity index (χ2v) is 4.95. The summed E-state index contributed by atoms with van der Waals surface area (Å²) in [6.45, 7) is 8.46. The summed E-state index contributed by atoms with van der Waals surface area (Å²) in [5.74, 6) is 0.608. The molecule has 2 aromatic heterocycles. The monoisotopic (exact) mass is 276 g/mol. The maximum absolute atomic E-state index is 11.8. The molecule has 6 heteroatoms. The van der Waals surface area contributed by atoms with Crippen LogP contribution < -0.4 is 4.90 Å². The molecule has 108 valence electrons. The largest absolute Gasteiger partial charge is 0.465 e. The molecule has 0 aliphatic rings. The number of aryl methyl sites for hydroxylation is 1. The van der Waals surface area contributed by atoms with Crippen LogP contribution in [0.25, 0.3) is 5.65 Å². The van der Waals surface area contributed by atoms with Crippen molar-refractivity contribution in [3.8, 4) is 0 Å². The van der Waals surface area contributed by atoms with E-state index in [2.05, 4.69) is 10.1 Å². The fourth-order valence-electron chi connectivity index (χ4n) is 2.11. The molecule has 0 bridgehead atoms. The van der Waals surface area contributed by atoms with Gasteiger partial charge in [0.05, 0.1) is 6.61 Å². The highest BCUT2D eigenvalue weighted by Gasteiger charge is 2.19. The maximum Gasteiger partial charge on any atom is 0.325 e. The lowest BCUT2D eigenvalue weighted by Gasteiger charge is -2.28. The van der Waals surface area contributed by atoms with E-state index in [0.717, 1.165) is 17.0 Å². The Morgan fingerprint density at radius 1 is 1.45 bits per heavy atom. The molecule has 0 amide bonds. The van der Waals surface area contributed by atoms with E-state index in [9.17, 15) is 4.79 Å². The number of ether oxygens (including phenoxy) is 1. The first-order chi connectivity index (χ1) is 9.52. The van der Waals surface area contributed by atoms with Crippen LogP contribution >= 0.6 is 0 Å². The second kappa shape index (κ2) is 5.90. The van der Waals surface area contributed by atoms with E-state index in [0.29, 0.717) is 6.61 Å². The fourth-order valence-corrected chi connectivity index (χ4v) is 2.11. The van der Waals surface area contributed by atoms with Crippen molar-refractivity contribution in [1.29, 1.82) is 0 Å². The van der Waals surface area contributed by atoms with E-state index in [4.69, 9.17) is 4.74 Å². The van der Waals surface area contributed by atoms with Gasteiger partial charge in [0.1, 0.15) is 18.7 Å². The third-order valence-corrected chi connectivity index (χ3v) is 3.03. The molecule has 0 N–H and O–H groups in total. The smallest absolute Gasteiger partial charge is 0.325 e. The molecule has 0 aliphatic heterocycles. The molecule has 20 heavy (non-hydrogen) atoms. The zero-order valence-electron chi connectivity index (χ0n) is 12.3. The first-order valence-electron chi connectivity index (χ1n) is 6.75. The van der Waals surface area contributed by atoms with Crippen molar-refractivity contribution < 1.29 is 9.53 Å². The Labute approximate surface area is 118 Å². The molecule has 2 aromatic rings. The topological polar surface area (TPSA) is 59.7 Å². The zero-order chi connectivity index (χ0) is 14.7. The van der Waals surface area contributed by atoms with Gasteiger partial charge in [0.2, 0.25) is 0 Å². The van der Waals surface area contributed by atoms with Crippen LogP contribution in [0.15, 0.2) is 18.5 Å². The van der Waals surface area contributed by atoms with Crippen molar-refractivity contribution in [2.24, 2.45) is 0 Å². The third kappa shape index (κ3) is 2.89. The van der Waals surface area contributed by atoms with Crippen LogP contribution in [0.2, 0.25) is 0 Å². The van der Waals surface area contributed by atoms with Crippen molar-refractivity contribution in [1.82, 2.24) is 14.6 Å². The lowest BCUT2D eigenvalue weighted by Crippen LogP contribution is -2.38. The predicted octanol–water partition coefficient (Wildman–Crippen LogP) is 1.82. The number of carbonyl (C=O) groups is 1. The number of hydrogen-bond donors (Lipinski definition) is 0. The number of hydrogen-bond acceptors (Lipinski definition) is 5. The lowest BCUT2D eigenvalue weighted by atomic mass is 10.2. The summed E-state index contributed by atoms with van der Waals surface area (Å²) >= 11 is 0. The third-order valence-electron chi connectivity index (χ3n) is 3.03. The molecule has 0 radical (unpaired) electrons. The summed E-state index contributed by atoms with van der Waals surface area (Å²) in [6, 6.07) is 4.11. The molecule has 0 atom stereocenters. The predicted molar refractivity (Wildman–Crippen MR) is 76.8 cm³/mol. The van der Waals surface area contributed by atoms with Gasteiger partial charge in [-0.1, -0.05) is 0 Å². The number of anilines is 1. The van der Waals surface area contributed by atoms with Crippen LogP contribution in [-0.2, 0) is 9.53 Å². The van der Waals surface area contributed by atoms with Gasteiger partial charge < -0.3 is 9.64 Å². The molecular formula is C14H20N4O2. The van der Waals surface area contributed by atoms with Crippen LogP contribution in [0.3, 0.4) is 0 Å². The maximum atomic E-state index is 11.8. The van der Waals surface area contributed by atoms with E-state index in [1.165, 1.54) is 6.33 Å². The van der Waals surface area contributed by atoms with E-state index < -0.39 is 0 Å². The fraction of sp³-hybridized carbons (Fsp3) is 0.500. The summed E-state index contributed by atoms with van der Waals surface area (Å²) in [6.07, 6.45) is 1.52. The highest BCUT2D eigenvalue weighted by Crippen LogP contribution is 2.20. The molecule has 0 unspecified atom stereocenters. The number of aromatic nitrogens is 3. The minimum absolute atomic E-state index is 0.147. The highest BCUT2D eigenvalue weighted by atomic mass is 16.5. The number of rotatable bonds is 5. The van der Waals surface area contributed by atoms with Crippen LogP contribution in [0.4, 0.5) is 5.82 Å². The van der Waals surface area contributed by atoms with E-state index >= 15 is 0 Å². The second-order valence-electron chi connectivity index (χ2n) is 4.95. The number of nitrogens with zero attached hydrogens (tertiary/aromatic N) is 4. The molecule has 0 aromatic carbocycles. The van der Waals surface area contributed by atoms with Gasteiger partial charge >= 0.3 is 5.97 Å². The van der Waals surface area contributed by atoms with Gasteiger partial charge in [0, 0.05) is 6.04 Å². The highest BCUT2D eigenvalue weighted by molar-refractivity contribution is 5.76. The molecule has 0 fully saturated rings. The van der Waals surface area contributed by atoms with Crippen molar-refractivity contribution in [2.45, 2.75) is 33.7 Å². The van der Waals surface area contributed by atoms with Gasteiger partial charge in [-0.05, 0) is 45.4 Å². The van der Waals surface area contributed by atoms with E-state index in [1.807, 2.05) is 37.8 Å². The summed E-state index contributed by atoms with van der Waals surface area (Å²) in [4.78, 5) is 18.0.